The number of hydrogen-bond donors (Lipinski definition) is 1. The van der Waals surface area contributed by atoms with Crippen molar-refractivity contribution in [2.24, 2.45) is 17.3 Å². The maximum atomic E-state index is 13.5. The minimum absolute atomic E-state index is 0.185. The van der Waals surface area contributed by atoms with Crippen LogP contribution in [0.25, 0.3) is 11.1 Å². The summed E-state index contributed by atoms with van der Waals surface area (Å²) < 4.78 is 5.73. The van der Waals surface area contributed by atoms with Crippen molar-refractivity contribution in [1.82, 2.24) is 0 Å². The molecule has 2 aromatic carbocycles. The number of fused-ring (bicyclic) bond motifs is 3. The van der Waals surface area contributed by atoms with Crippen LogP contribution in [0.1, 0.15) is 31.7 Å². The topological polar surface area (TPSA) is 38.3 Å². The Morgan fingerprint density at radius 1 is 1.22 bits per heavy atom. The van der Waals surface area contributed by atoms with Crippen LogP contribution in [-0.2, 0) is 16.0 Å². The largest absolute Gasteiger partial charge is 0.503 e. The molecule has 2 fully saturated rings. The van der Waals surface area contributed by atoms with E-state index in [1.807, 2.05) is 6.07 Å². The smallest absolute Gasteiger partial charge is 0.231 e. The van der Waals surface area contributed by atoms with Crippen LogP contribution in [0.4, 0.5) is 5.69 Å². The summed E-state index contributed by atoms with van der Waals surface area (Å²) in [6.45, 7) is 2.86. The minimum Gasteiger partial charge on any atom is -0.503 e. The van der Waals surface area contributed by atoms with Gasteiger partial charge in [0.2, 0.25) is 13.2 Å². The third kappa shape index (κ3) is 3.08. The van der Waals surface area contributed by atoms with E-state index in [1.54, 1.807) is 11.8 Å². The van der Waals surface area contributed by atoms with Crippen molar-refractivity contribution in [1.29, 1.82) is 0 Å². The van der Waals surface area contributed by atoms with Crippen molar-refractivity contribution in [2.45, 2.75) is 37.5 Å². The molecule has 1 radical (unpaired) electrons. The Hall–Kier alpha value is -2.40. The van der Waals surface area contributed by atoms with Crippen LogP contribution in [0.3, 0.4) is 0 Å². The van der Waals surface area contributed by atoms with E-state index in [2.05, 4.69) is 68.3 Å². The van der Waals surface area contributed by atoms with E-state index < -0.39 is 0 Å². The van der Waals surface area contributed by atoms with Crippen molar-refractivity contribution in [3.63, 3.8) is 0 Å². The van der Waals surface area contributed by atoms with Crippen LogP contribution in [0.5, 0.6) is 0 Å². The van der Waals surface area contributed by atoms with E-state index >= 15 is 0 Å². The fourth-order valence-corrected chi connectivity index (χ4v) is 6.41. The van der Waals surface area contributed by atoms with Gasteiger partial charge < -0.3 is 10.1 Å². The van der Waals surface area contributed by atoms with Crippen LogP contribution in [0.2, 0.25) is 0 Å². The number of aryl methyl sites for hydroxylation is 1. The number of thioether (sulfide) groups is 1. The summed E-state index contributed by atoms with van der Waals surface area (Å²) in [5, 5.41) is 3.29. The predicted molar refractivity (Wildman–Crippen MR) is 132 cm³/mol. The number of carbonyl (C=O) groups is 1. The fourth-order valence-electron chi connectivity index (χ4n) is 5.81. The summed E-state index contributed by atoms with van der Waals surface area (Å²) in [7, 11) is 2.21. The van der Waals surface area contributed by atoms with Gasteiger partial charge in [-0.25, -0.2) is 0 Å². The molecule has 1 N–H and O–H groups in total. The third-order valence-corrected chi connectivity index (χ3v) is 8.56. The van der Waals surface area contributed by atoms with Gasteiger partial charge in [-0.05, 0) is 78.8 Å². The number of benzene rings is 2. The molecule has 5 heteroatoms. The molecule has 32 heavy (non-hydrogen) atoms. The Labute approximate surface area is 194 Å². The van der Waals surface area contributed by atoms with E-state index in [1.165, 1.54) is 32.6 Å². The normalized spacial score (nSPS) is 24.0. The van der Waals surface area contributed by atoms with Gasteiger partial charge in [0.25, 0.3) is 0 Å². The van der Waals surface area contributed by atoms with Crippen LogP contribution < -0.4 is 5.32 Å². The van der Waals surface area contributed by atoms with Crippen molar-refractivity contribution < 1.29 is 9.53 Å². The second-order valence-corrected chi connectivity index (χ2v) is 10.3. The Morgan fingerprint density at radius 3 is 2.75 bits per heavy atom. The number of nitrogens with one attached hydrogen (secondary N) is 1. The number of carbonyl (C=O) groups excluding carboxylic acids is 1. The van der Waals surface area contributed by atoms with Crippen LogP contribution in [0.15, 0.2) is 70.2 Å². The first-order valence-electron chi connectivity index (χ1n) is 11.6. The molecule has 161 valence electrons. The van der Waals surface area contributed by atoms with E-state index in [9.17, 15) is 4.79 Å². The molecule has 3 aliphatic carbocycles. The van der Waals surface area contributed by atoms with Crippen LogP contribution in [-0.4, -0.2) is 25.9 Å². The average Bonchev–Trinajstić information content (AvgIpc) is 3.44. The Morgan fingerprint density at radius 2 is 2.03 bits per heavy atom. The van der Waals surface area contributed by atoms with Gasteiger partial charge in [0.1, 0.15) is 5.76 Å². The molecular weight excluding hydrogens is 413 g/mol. The summed E-state index contributed by atoms with van der Waals surface area (Å²) in [6, 6.07) is 15.1. The molecule has 3 nitrogen and oxygen atoms in total. The average molecular weight is 440 g/mol. The maximum absolute atomic E-state index is 13.5. The minimum atomic E-state index is -0.245. The predicted octanol–water partition coefficient (Wildman–Crippen LogP) is 5.84. The second-order valence-electron chi connectivity index (χ2n) is 9.42. The molecule has 2 bridgehead atoms. The highest BCUT2D eigenvalue weighted by molar-refractivity contribution is 7.98. The number of rotatable bonds is 6. The molecule has 1 heterocycles. The second kappa shape index (κ2) is 7.59. The Kier molecular flexibility index (Phi) is 4.80. The van der Waals surface area contributed by atoms with Gasteiger partial charge in [-0.15, -0.1) is 11.8 Å². The highest BCUT2D eigenvalue weighted by atomic mass is 32.2. The number of hydrogen-bond acceptors (Lipinski definition) is 3. The number of anilines is 1. The Balaban J connectivity index is 1.25. The SMILES string of the molecule is CCc1ccc(-c2cc(NC(=O)C3(C4C5=CC6=C([B]CO6)C4C5)CC3)ccc2SC)cc1. The molecule has 2 saturated carbocycles. The van der Waals surface area contributed by atoms with Gasteiger partial charge in [0, 0.05) is 16.5 Å². The first-order chi connectivity index (χ1) is 15.6. The van der Waals surface area contributed by atoms with Crippen molar-refractivity contribution >= 4 is 30.6 Å². The molecule has 2 aromatic rings. The Bertz CT molecular complexity index is 1160. The zero-order valence-electron chi connectivity index (χ0n) is 18.6. The van der Waals surface area contributed by atoms with Crippen molar-refractivity contribution in [3.05, 3.63) is 70.9 Å². The number of amides is 1. The lowest BCUT2D eigenvalue weighted by Gasteiger charge is -2.48. The zero-order chi connectivity index (χ0) is 21.9. The fraction of sp³-hybridized carbons (Fsp3) is 0.370. The van der Waals surface area contributed by atoms with E-state index in [0.717, 1.165) is 37.1 Å². The third-order valence-electron chi connectivity index (χ3n) is 7.77. The van der Waals surface area contributed by atoms with Gasteiger partial charge >= 0.3 is 0 Å². The molecule has 2 unspecified atom stereocenters. The molecule has 2 atom stereocenters. The van der Waals surface area contributed by atoms with E-state index in [0.29, 0.717) is 18.3 Å². The lowest BCUT2D eigenvalue weighted by atomic mass is 9.49. The van der Waals surface area contributed by atoms with E-state index in [-0.39, 0.29) is 11.3 Å². The molecule has 0 aromatic heterocycles. The summed E-state index contributed by atoms with van der Waals surface area (Å²) in [6.07, 6.45) is 8.41. The first-order valence-corrected chi connectivity index (χ1v) is 12.8. The van der Waals surface area contributed by atoms with Crippen LogP contribution >= 0.6 is 11.8 Å². The molecule has 1 amide bonds. The highest BCUT2D eigenvalue weighted by Crippen LogP contribution is 2.66. The van der Waals surface area contributed by atoms with E-state index in [4.69, 9.17) is 4.74 Å². The lowest BCUT2D eigenvalue weighted by molar-refractivity contribution is -0.124. The zero-order valence-corrected chi connectivity index (χ0v) is 19.4. The van der Waals surface area contributed by atoms with Crippen LogP contribution in [0, 0.1) is 17.3 Å². The molecule has 0 spiro atoms. The number of ether oxygens (including phenoxy) is 1. The quantitative estimate of drug-likeness (QED) is 0.453. The van der Waals surface area contributed by atoms with Gasteiger partial charge in [0.15, 0.2) is 0 Å². The summed E-state index contributed by atoms with van der Waals surface area (Å²) in [5.41, 5.74) is 7.10. The molecule has 1 aliphatic heterocycles. The van der Waals surface area contributed by atoms with Gasteiger partial charge in [-0.1, -0.05) is 42.2 Å². The molecule has 0 saturated heterocycles. The van der Waals surface area contributed by atoms with Gasteiger partial charge in [-0.2, -0.15) is 0 Å². The molecule has 4 aliphatic rings. The number of allylic oxidation sites excluding steroid dienone is 3. The van der Waals surface area contributed by atoms with Gasteiger partial charge in [-0.3, -0.25) is 4.79 Å². The summed E-state index contributed by atoms with van der Waals surface area (Å²) in [4.78, 5) is 14.8. The first kappa shape index (κ1) is 20.2. The summed E-state index contributed by atoms with van der Waals surface area (Å²) >= 11 is 1.74. The highest BCUT2D eigenvalue weighted by Gasteiger charge is 2.63. The lowest BCUT2D eigenvalue weighted by Crippen LogP contribution is -2.45. The molecular formula is C27H27BNO2S. The maximum Gasteiger partial charge on any atom is 0.231 e. The standard InChI is InChI=1S/C27H27BNO2S/c1-3-16-4-6-17(7-5-16)20-14-19(8-9-23(20)32-2)29-26(30)27(10-11-27)24-18-12-21(24)25-22(13-18)31-15-28-25/h4-9,13-14,21,24H,3,10-12,15H2,1-2H3,(H,29,30). The van der Waals surface area contributed by atoms with Crippen molar-refractivity contribution in [2.75, 3.05) is 18.1 Å². The van der Waals surface area contributed by atoms with Crippen molar-refractivity contribution in [3.8, 4) is 11.1 Å². The molecule has 6 rings (SSSR count). The van der Waals surface area contributed by atoms with Gasteiger partial charge in [0.05, 0.1) is 11.9 Å². The summed E-state index contributed by atoms with van der Waals surface area (Å²) in [5.74, 6) is 2.05. The monoisotopic (exact) mass is 440 g/mol.